The molecule has 0 atom stereocenters. The Labute approximate surface area is 214 Å². The molecule has 5 rings (SSSR count). The Balaban J connectivity index is 1.14. The van der Waals surface area contributed by atoms with Gasteiger partial charge in [-0.25, -0.2) is 4.98 Å². The van der Waals surface area contributed by atoms with Crippen LogP contribution in [0.15, 0.2) is 89.3 Å². The zero-order chi connectivity index (χ0) is 24.7. The van der Waals surface area contributed by atoms with Crippen molar-refractivity contribution in [1.29, 1.82) is 0 Å². The van der Waals surface area contributed by atoms with Crippen LogP contribution in [0, 0.1) is 13.8 Å². The number of hydrogen-bond donors (Lipinski definition) is 1. The largest absolute Gasteiger partial charge is 0.444 e. The average Bonchev–Trinajstić information content (AvgIpc) is 3.29. The first kappa shape index (κ1) is 24.4. The summed E-state index contributed by atoms with van der Waals surface area (Å²) in [6.07, 6.45) is 0. The first-order chi connectivity index (χ1) is 17.7. The van der Waals surface area contributed by atoms with Crippen LogP contribution in [0.1, 0.15) is 34.4 Å². The monoisotopic (exact) mass is 480 g/mol. The fourth-order valence-electron chi connectivity index (χ4n) is 5.18. The minimum absolute atomic E-state index is 0.308. The fourth-order valence-corrected chi connectivity index (χ4v) is 5.18. The molecule has 1 aliphatic heterocycles. The number of aromatic nitrogens is 1. The van der Waals surface area contributed by atoms with Gasteiger partial charge in [-0.1, -0.05) is 84.4 Å². The maximum atomic E-state index is 5.93. The molecule has 1 fully saturated rings. The van der Waals surface area contributed by atoms with Crippen LogP contribution in [0.25, 0.3) is 11.3 Å². The van der Waals surface area contributed by atoms with Crippen molar-refractivity contribution in [1.82, 2.24) is 20.1 Å². The molecule has 1 aliphatic rings. The zero-order valence-electron chi connectivity index (χ0n) is 21.4. The third-order valence-electron chi connectivity index (χ3n) is 6.99. The highest BCUT2D eigenvalue weighted by Crippen LogP contribution is 2.29. The van der Waals surface area contributed by atoms with E-state index in [0.29, 0.717) is 18.5 Å². The van der Waals surface area contributed by atoms with E-state index < -0.39 is 0 Å². The van der Waals surface area contributed by atoms with Crippen LogP contribution in [0.4, 0.5) is 0 Å². The molecule has 36 heavy (non-hydrogen) atoms. The van der Waals surface area contributed by atoms with E-state index in [1.54, 1.807) is 0 Å². The minimum atomic E-state index is 0.308. The van der Waals surface area contributed by atoms with Gasteiger partial charge in [-0.3, -0.25) is 9.80 Å². The topological polar surface area (TPSA) is 44.5 Å². The highest BCUT2D eigenvalue weighted by Gasteiger charge is 2.26. The van der Waals surface area contributed by atoms with Gasteiger partial charge in [0, 0.05) is 51.8 Å². The molecule has 1 saturated heterocycles. The van der Waals surface area contributed by atoms with Crippen molar-refractivity contribution in [2.45, 2.75) is 26.4 Å². The van der Waals surface area contributed by atoms with E-state index in [9.17, 15) is 0 Å². The summed E-state index contributed by atoms with van der Waals surface area (Å²) >= 11 is 0. The van der Waals surface area contributed by atoms with Crippen molar-refractivity contribution >= 4 is 0 Å². The van der Waals surface area contributed by atoms with Crippen LogP contribution in [0.5, 0.6) is 0 Å². The van der Waals surface area contributed by atoms with Gasteiger partial charge in [-0.15, -0.1) is 0 Å². The number of rotatable bonds is 9. The summed E-state index contributed by atoms with van der Waals surface area (Å²) in [5.41, 5.74) is 6.03. The molecular formula is C31H36N4O. The molecule has 0 bridgehead atoms. The second kappa shape index (κ2) is 11.7. The number of hydrogen-bond acceptors (Lipinski definition) is 5. The summed E-state index contributed by atoms with van der Waals surface area (Å²) < 4.78 is 5.93. The van der Waals surface area contributed by atoms with Gasteiger partial charge in [0.2, 0.25) is 0 Å². The van der Waals surface area contributed by atoms with Crippen LogP contribution in [-0.2, 0) is 6.54 Å². The Morgan fingerprint density at radius 2 is 1.50 bits per heavy atom. The third-order valence-corrected chi connectivity index (χ3v) is 6.99. The van der Waals surface area contributed by atoms with Crippen LogP contribution in [-0.4, -0.2) is 54.1 Å². The van der Waals surface area contributed by atoms with Gasteiger partial charge < -0.3 is 9.73 Å². The van der Waals surface area contributed by atoms with E-state index in [1.165, 1.54) is 16.7 Å². The molecule has 0 unspecified atom stereocenters. The van der Waals surface area contributed by atoms with E-state index in [1.807, 2.05) is 6.92 Å². The number of nitrogens with one attached hydrogen (secondary N) is 1. The molecule has 3 aromatic carbocycles. The highest BCUT2D eigenvalue weighted by molar-refractivity contribution is 5.62. The normalized spacial score (nSPS) is 15.0. The van der Waals surface area contributed by atoms with Gasteiger partial charge in [0.1, 0.15) is 11.5 Å². The summed E-state index contributed by atoms with van der Waals surface area (Å²) in [7, 11) is 0. The lowest BCUT2D eigenvalue weighted by atomic mass is 9.96. The molecule has 0 aliphatic carbocycles. The van der Waals surface area contributed by atoms with Crippen molar-refractivity contribution in [2.24, 2.45) is 0 Å². The van der Waals surface area contributed by atoms with E-state index in [4.69, 9.17) is 4.42 Å². The molecular weight excluding hydrogens is 444 g/mol. The SMILES string of the molecule is Cc1cccc(-c2nc(C)oc2CNCCN2CCN(C(c3ccccc3)c3ccccc3)CC2)c1. The van der Waals surface area contributed by atoms with Crippen LogP contribution in [0.2, 0.25) is 0 Å². The van der Waals surface area contributed by atoms with E-state index in [0.717, 1.165) is 56.3 Å². The van der Waals surface area contributed by atoms with Gasteiger partial charge in [-0.05, 0) is 24.1 Å². The summed E-state index contributed by atoms with van der Waals surface area (Å²) in [6, 6.07) is 30.6. The van der Waals surface area contributed by atoms with Crippen LogP contribution >= 0.6 is 0 Å². The maximum Gasteiger partial charge on any atom is 0.191 e. The molecule has 1 N–H and O–H groups in total. The molecule has 4 aromatic rings. The smallest absolute Gasteiger partial charge is 0.191 e. The second-order valence-electron chi connectivity index (χ2n) is 9.65. The van der Waals surface area contributed by atoms with Crippen molar-refractivity contribution in [2.75, 3.05) is 39.3 Å². The Kier molecular flexibility index (Phi) is 7.91. The number of benzene rings is 3. The van der Waals surface area contributed by atoms with Gasteiger partial charge in [-0.2, -0.15) is 0 Å². The predicted octanol–water partition coefficient (Wildman–Crippen LogP) is 5.46. The van der Waals surface area contributed by atoms with Gasteiger partial charge >= 0.3 is 0 Å². The lowest BCUT2D eigenvalue weighted by molar-refractivity contribution is 0.110. The number of nitrogens with zero attached hydrogens (tertiary/aromatic N) is 3. The Bertz CT molecular complexity index is 1190. The minimum Gasteiger partial charge on any atom is -0.444 e. The van der Waals surface area contributed by atoms with Crippen molar-refractivity contribution in [3.8, 4) is 11.3 Å². The lowest BCUT2D eigenvalue weighted by Gasteiger charge is -2.39. The average molecular weight is 481 g/mol. The fraction of sp³-hybridized carbons (Fsp3) is 0.323. The maximum absolute atomic E-state index is 5.93. The van der Waals surface area contributed by atoms with E-state index in [-0.39, 0.29) is 0 Å². The number of aryl methyl sites for hydroxylation is 2. The van der Waals surface area contributed by atoms with E-state index >= 15 is 0 Å². The van der Waals surface area contributed by atoms with E-state index in [2.05, 4.69) is 112 Å². The summed E-state index contributed by atoms with van der Waals surface area (Å²) in [4.78, 5) is 9.83. The predicted molar refractivity (Wildman–Crippen MR) is 146 cm³/mol. The number of piperazine rings is 1. The van der Waals surface area contributed by atoms with Gasteiger partial charge in [0.15, 0.2) is 5.89 Å². The molecule has 5 heteroatoms. The Morgan fingerprint density at radius 3 is 2.14 bits per heavy atom. The Hall–Kier alpha value is -3.25. The quantitative estimate of drug-likeness (QED) is 0.323. The van der Waals surface area contributed by atoms with Crippen molar-refractivity contribution in [3.05, 3.63) is 113 Å². The molecule has 186 valence electrons. The van der Waals surface area contributed by atoms with Crippen LogP contribution in [0.3, 0.4) is 0 Å². The van der Waals surface area contributed by atoms with Gasteiger partial charge in [0.25, 0.3) is 0 Å². The summed E-state index contributed by atoms with van der Waals surface area (Å²) in [5.74, 6) is 1.63. The molecule has 0 spiro atoms. The Morgan fingerprint density at radius 1 is 0.833 bits per heavy atom. The lowest BCUT2D eigenvalue weighted by Crippen LogP contribution is -2.49. The summed E-state index contributed by atoms with van der Waals surface area (Å²) in [5, 5.41) is 3.58. The molecule has 0 saturated carbocycles. The zero-order valence-corrected chi connectivity index (χ0v) is 21.4. The first-order valence-corrected chi connectivity index (χ1v) is 13.0. The summed E-state index contributed by atoms with van der Waals surface area (Å²) in [6.45, 7) is 10.9. The van der Waals surface area contributed by atoms with Crippen molar-refractivity contribution in [3.63, 3.8) is 0 Å². The highest BCUT2D eigenvalue weighted by atomic mass is 16.4. The number of oxazole rings is 1. The molecule has 5 nitrogen and oxygen atoms in total. The van der Waals surface area contributed by atoms with Gasteiger partial charge in [0.05, 0.1) is 12.6 Å². The molecule has 2 heterocycles. The van der Waals surface area contributed by atoms with Crippen LogP contribution < -0.4 is 5.32 Å². The molecule has 0 amide bonds. The first-order valence-electron chi connectivity index (χ1n) is 13.0. The standard InChI is InChI=1S/C31H36N4O/c1-24-10-9-15-28(22-24)30-29(36-25(2)33-30)23-32-16-17-34-18-20-35(21-19-34)31(26-11-5-3-6-12-26)27-13-7-4-8-14-27/h3-15,22,31-32H,16-21,23H2,1-2H3. The molecule has 0 radical (unpaired) electrons. The molecule has 1 aromatic heterocycles. The third kappa shape index (κ3) is 5.93. The second-order valence-corrected chi connectivity index (χ2v) is 9.65. The van der Waals surface area contributed by atoms with Crippen molar-refractivity contribution < 1.29 is 4.42 Å².